The van der Waals surface area contributed by atoms with Crippen LogP contribution in [0.2, 0.25) is 0 Å². The predicted octanol–water partition coefficient (Wildman–Crippen LogP) is 2.25. The Morgan fingerprint density at radius 1 is 1.20 bits per heavy atom. The van der Waals surface area contributed by atoms with Gasteiger partial charge in [0.15, 0.2) is 5.82 Å². The van der Waals surface area contributed by atoms with E-state index in [0.29, 0.717) is 31.5 Å². The molecule has 20 heavy (non-hydrogen) atoms. The van der Waals surface area contributed by atoms with Crippen molar-refractivity contribution in [2.75, 3.05) is 32.2 Å². The van der Waals surface area contributed by atoms with Crippen LogP contribution in [0.15, 0.2) is 6.07 Å². The molecule has 1 N–H and O–H groups in total. The van der Waals surface area contributed by atoms with Crippen LogP contribution in [0, 0.1) is 0 Å². The van der Waals surface area contributed by atoms with Crippen LogP contribution in [-0.4, -0.2) is 42.4 Å². The van der Waals surface area contributed by atoms with E-state index in [4.69, 9.17) is 14.2 Å². The van der Waals surface area contributed by atoms with Crippen molar-refractivity contribution in [2.45, 2.75) is 39.9 Å². The highest BCUT2D eigenvalue weighted by molar-refractivity contribution is 5.38. The summed E-state index contributed by atoms with van der Waals surface area (Å²) in [6, 6.07) is 1.78. The summed E-state index contributed by atoms with van der Waals surface area (Å²) < 4.78 is 16.3. The number of nitrogens with zero attached hydrogens (tertiary/aromatic N) is 2. The number of ether oxygens (including phenoxy) is 3. The van der Waals surface area contributed by atoms with Crippen molar-refractivity contribution in [3.63, 3.8) is 0 Å². The first-order valence-electron chi connectivity index (χ1n) is 6.82. The molecule has 6 nitrogen and oxygen atoms in total. The maximum Gasteiger partial charge on any atom is 0.218 e. The van der Waals surface area contributed by atoms with Gasteiger partial charge in [-0.05, 0) is 27.7 Å². The summed E-state index contributed by atoms with van der Waals surface area (Å²) in [7, 11) is 1.61. The summed E-state index contributed by atoms with van der Waals surface area (Å²) in [6.45, 7) is 10.2. The van der Waals surface area contributed by atoms with Gasteiger partial charge in [-0.1, -0.05) is 0 Å². The molecular weight excluding hydrogens is 258 g/mol. The van der Waals surface area contributed by atoms with Crippen molar-refractivity contribution in [1.82, 2.24) is 9.97 Å². The molecule has 0 saturated carbocycles. The quantitative estimate of drug-likeness (QED) is 0.738. The lowest BCUT2D eigenvalue weighted by Gasteiger charge is -2.19. The molecule has 1 rings (SSSR count). The number of hydrogen-bond donors (Lipinski definition) is 1. The summed E-state index contributed by atoms with van der Waals surface area (Å²) in [5.74, 6) is 1.86. The molecule has 0 saturated heterocycles. The van der Waals surface area contributed by atoms with E-state index in [1.807, 2.05) is 27.7 Å². The Morgan fingerprint density at radius 2 is 1.95 bits per heavy atom. The topological polar surface area (TPSA) is 65.5 Å². The Balaban J connectivity index is 2.58. The molecule has 114 valence electrons. The smallest absolute Gasteiger partial charge is 0.218 e. The Morgan fingerprint density at radius 3 is 2.55 bits per heavy atom. The normalized spacial score (nSPS) is 11.4. The molecule has 0 aliphatic carbocycles. The maximum atomic E-state index is 5.60. The van der Waals surface area contributed by atoms with Crippen molar-refractivity contribution < 1.29 is 14.2 Å². The summed E-state index contributed by atoms with van der Waals surface area (Å²) in [5, 5.41) is 3.14. The lowest BCUT2D eigenvalue weighted by molar-refractivity contribution is -0.0168. The zero-order chi connectivity index (χ0) is 15.0. The fourth-order valence-electron chi connectivity index (χ4n) is 1.51. The Kier molecular flexibility index (Phi) is 6.67. The molecule has 0 unspecified atom stereocenters. The third kappa shape index (κ3) is 6.68. The fraction of sp³-hybridized carbons (Fsp3) is 0.714. The lowest BCUT2D eigenvalue weighted by atomic mass is 10.2. The fourth-order valence-corrected chi connectivity index (χ4v) is 1.51. The first-order chi connectivity index (χ1) is 9.44. The molecule has 0 radical (unpaired) electrons. The average Bonchev–Trinajstić information content (AvgIpc) is 2.34. The van der Waals surface area contributed by atoms with E-state index >= 15 is 0 Å². The highest BCUT2D eigenvalue weighted by atomic mass is 16.5. The van der Waals surface area contributed by atoms with E-state index in [1.54, 1.807) is 13.2 Å². The molecule has 6 heteroatoms. The number of anilines is 1. The minimum absolute atomic E-state index is 0.162. The highest BCUT2D eigenvalue weighted by Crippen LogP contribution is 2.14. The molecular formula is C14H25N3O3. The summed E-state index contributed by atoms with van der Waals surface area (Å²) >= 11 is 0. The van der Waals surface area contributed by atoms with E-state index in [1.165, 1.54) is 0 Å². The zero-order valence-corrected chi connectivity index (χ0v) is 13.0. The minimum atomic E-state index is -0.162. The van der Waals surface area contributed by atoms with Gasteiger partial charge in [-0.25, -0.2) is 4.98 Å². The van der Waals surface area contributed by atoms with Gasteiger partial charge in [0.25, 0.3) is 0 Å². The van der Waals surface area contributed by atoms with Crippen molar-refractivity contribution in [3.05, 3.63) is 11.9 Å². The predicted molar refractivity (Wildman–Crippen MR) is 78.1 cm³/mol. The van der Waals surface area contributed by atoms with Crippen LogP contribution in [0.5, 0.6) is 5.88 Å². The average molecular weight is 283 g/mol. The van der Waals surface area contributed by atoms with E-state index in [2.05, 4.69) is 15.3 Å². The van der Waals surface area contributed by atoms with Gasteiger partial charge in [-0.3, -0.25) is 0 Å². The van der Waals surface area contributed by atoms with Crippen LogP contribution in [0.3, 0.4) is 0 Å². The van der Waals surface area contributed by atoms with Gasteiger partial charge in [-0.15, -0.1) is 0 Å². The van der Waals surface area contributed by atoms with Gasteiger partial charge in [-0.2, -0.15) is 4.98 Å². The SMILES string of the molecule is CCNc1cc(OCCOC(C)(C)C)nc(COC)n1. The van der Waals surface area contributed by atoms with Gasteiger partial charge >= 0.3 is 0 Å². The van der Waals surface area contributed by atoms with E-state index in [0.717, 1.165) is 12.4 Å². The van der Waals surface area contributed by atoms with Crippen LogP contribution in [0.25, 0.3) is 0 Å². The van der Waals surface area contributed by atoms with Gasteiger partial charge in [0.2, 0.25) is 5.88 Å². The molecule has 0 aliphatic heterocycles. The summed E-state index contributed by atoms with van der Waals surface area (Å²) in [5.41, 5.74) is -0.162. The van der Waals surface area contributed by atoms with Crippen LogP contribution >= 0.6 is 0 Å². The molecule has 0 atom stereocenters. The molecule has 0 fully saturated rings. The molecule has 0 bridgehead atoms. The Bertz CT molecular complexity index is 381. The largest absolute Gasteiger partial charge is 0.475 e. The first kappa shape index (κ1) is 16.7. The van der Waals surface area contributed by atoms with Crippen molar-refractivity contribution >= 4 is 5.82 Å². The molecule has 1 aromatic rings. The van der Waals surface area contributed by atoms with Crippen LogP contribution in [-0.2, 0) is 16.1 Å². The number of aromatic nitrogens is 2. The molecule has 0 spiro atoms. The third-order valence-electron chi connectivity index (χ3n) is 2.25. The zero-order valence-electron chi connectivity index (χ0n) is 13.0. The van der Waals surface area contributed by atoms with E-state index in [-0.39, 0.29) is 5.60 Å². The van der Waals surface area contributed by atoms with Crippen molar-refractivity contribution in [2.24, 2.45) is 0 Å². The second-order valence-corrected chi connectivity index (χ2v) is 5.28. The minimum Gasteiger partial charge on any atom is -0.475 e. The molecule has 1 aromatic heterocycles. The Labute approximate surface area is 120 Å². The van der Waals surface area contributed by atoms with Gasteiger partial charge in [0.05, 0.1) is 12.2 Å². The van der Waals surface area contributed by atoms with Crippen molar-refractivity contribution in [3.8, 4) is 5.88 Å². The molecule has 0 aromatic carbocycles. The van der Waals surface area contributed by atoms with E-state index in [9.17, 15) is 0 Å². The van der Waals surface area contributed by atoms with Gasteiger partial charge < -0.3 is 19.5 Å². The Hall–Kier alpha value is -1.40. The summed E-state index contributed by atoms with van der Waals surface area (Å²) in [6.07, 6.45) is 0. The van der Waals surface area contributed by atoms with E-state index < -0.39 is 0 Å². The van der Waals surface area contributed by atoms with Crippen LogP contribution in [0.1, 0.15) is 33.5 Å². The number of hydrogen-bond acceptors (Lipinski definition) is 6. The van der Waals surface area contributed by atoms with Crippen LogP contribution < -0.4 is 10.1 Å². The molecule has 1 heterocycles. The van der Waals surface area contributed by atoms with Crippen molar-refractivity contribution in [1.29, 1.82) is 0 Å². The monoisotopic (exact) mass is 283 g/mol. The van der Waals surface area contributed by atoms with Gasteiger partial charge in [0.1, 0.15) is 19.0 Å². The lowest BCUT2D eigenvalue weighted by Crippen LogP contribution is -2.22. The third-order valence-corrected chi connectivity index (χ3v) is 2.25. The summed E-state index contributed by atoms with van der Waals surface area (Å²) in [4.78, 5) is 8.61. The molecule has 0 amide bonds. The standard InChI is InChI=1S/C14H25N3O3/c1-6-15-11-9-13(17-12(16-11)10-18-5)19-7-8-20-14(2,3)4/h9H,6-8,10H2,1-5H3,(H,15,16,17). The highest BCUT2D eigenvalue weighted by Gasteiger charge is 2.10. The second-order valence-electron chi connectivity index (χ2n) is 5.28. The maximum absolute atomic E-state index is 5.60. The first-order valence-corrected chi connectivity index (χ1v) is 6.82. The van der Waals surface area contributed by atoms with Crippen LogP contribution in [0.4, 0.5) is 5.82 Å². The number of rotatable bonds is 8. The number of nitrogens with one attached hydrogen (secondary N) is 1. The number of methoxy groups -OCH3 is 1. The molecule has 0 aliphatic rings. The van der Waals surface area contributed by atoms with Gasteiger partial charge in [0, 0.05) is 19.7 Å². The second kappa shape index (κ2) is 8.01.